The largest absolute Gasteiger partial charge is 0.309 e. The van der Waals surface area contributed by atoms with E-state index in [4.69, 9.17) is 0 Å². The molecule has 15 rings (SSSR count). The number of thiophene rings is 1. The molecular weight excluding hydrogens is 781 g/mol. The predicted octanol–water partition coefficient (Wildman–Crippen LogP) is 17.2. The van der Waals surface area contributed by atoms with E-state index in [0.717, 1.165) is 0 Å². The summed E-state index contributed by atoms with van der Waals surface area (Å²) in [6.07, 6.45) is 0. The number of para-hydroxylation sites is 4. The van der Waals surface area contributed by atoms with Crippen molar-refractivity contribution in [2.24, 2.45) is 0 Å². The van der Waals surface area contributed by atoms with Gasteiger partial charge in [0.1, 0.15) is 0 Å². The van der Waals surface area contributed by atoms with Crippen LogP contribution in [0.1, 0.15) is 0 Å². The molecule has 63 heavy (non-hydrogen) atoms. The van der Waals surface area contributed by atoms with Crippen LogP contribution in [0.15, 0.2) is 206 Å². The van der Waals surface area contributed by atoms with Gasteiger partial charge in [-0.25, -0.2) is 0 Å². The van der Waals surface area contributed by atoms with Crippen molar-refractivity contribution in [1.29, 1.82) is 0 Å². The Hall–Kier alpha value is -7.98. The Balaban J connectivity index is 0.976. The molecule has 0 saturated carbocycles. The first-order valence-electron chi connectivity index (χ1n) is 21.7. The SMILES string of the molecule is c1ccc2c(c1)c1cc(-n3c4ccccc4c4ccccc43)ccc1c1cc3sc4cc5c6ccc(-n7c8ccccc8c8ccccc87)cc6c6ccccc6c5cc4c3cc21. The minimum Gasteiger partial charge on any atom is -0.309 e. The summed E-state index contributed by atoms with van der Waals surface area (Å²) in [7, 11) is 0. The maximum Gasteiger partial charge on any atom is 0.0541 e. The fourth-order valence-corrected chi connectivity index (χ4v) is 12.5. The van der Waals surface area contributed by atoms with Gasteiger partial charge in [0, 0.05) is 53.1 Å². The Kier molecular flexibility index (Phi) is 6.59. The van der Waals surface area contributed by atoms with Crippen molar-refractivity contribution in [2.45, 2.75) is 0 Å². The highest BCUT2D eigenvalue weighted by Gasteiger charge is 2.19. The number of hydrogen-bond acceptors (Lipinski definition) is 1. The average Bonchev–Trinajstić information content (AvgIpc) is 4.00. The molecule has 0 amide bonds. The van der Waals surface area contributed by atoms with Gasteiger partial charge in [0.2, 0.25) is 0 Å². The first-order valence-corrected chi connectivity index (χ1v) is 22.6. The molecule has 12 aromatic carbocycles. The third kappa shape index (κ3) is 4.51. The van der Waals surface area contributed by atoms with Crippen LogP contribution in [0.4, 0.5) is 0 Å². The van der Waals surface area contributed by atoms with Gasteiger partial charge in [-0.05, 0) is 137 Å². The first kappa shape index (κ1) is 33.7. The van der Waals surface area contributed by atoms with Crippen LogP contribution in [-0.2, 0) is 0 Å². The van der Waals surface area contributed by atoms with Crippen molar-refractivity contribution in [3.05, 3.63) is 206 Å². The van der Waals surface area contributed by atoms with Crippen LogP contribution in [0.5, 0.6) is 0 Å². The van der Waals surface area contributed by atoms with Crippen LogP contribution in [0.2, 0.25) is 0 Å². The lowest BCUT2D eigenvalue weighted by Gasteiger charge is -2.14. The van der Waals surface area contributed by atoms with E-state index in [-0.39, 0.29) is 0 Å². The molecule has 0 aliphatic rings. The molecule has 0 unspecified atom stereocenters. The molecule has 0 fully saturated rings. The summed E-state index contributed by atoms with van der Waals surface area (Å²) >= 11 is 1.92. The topological polar surface area (TPSA) is 9.86 Å². The molecule has 0 saturated heterocycles. The Labute approximate surface area is 364 Å². The van der Waals surface area contributed by atoms with Gasteiger partial charge in [0.05, 0.1) is 22.1 Å². The van der Waals surface area contributed by atoms with Gasteiger partial charge in [-0.2, -0.15) is 0 Å². The van der Waals surface area contributed by atoms with E-state index in [1.165, 1.54) is 140 Å². The fourth-order valence-electron chi connectivity index (χ4n) is 11.3. The second kappa shape index (κ2) is 12.3. The number of hydrogen-bond donors (Lipinski definition) is 0. The molecule has 2 nitrogen and oxygen atoms in total. The van der Waals surface area contributed by atoms with Crippen LogP contribution >= 0.6 is 11.3 Å². The highest BCUT2D eigenvalue weighted by Crippen LogP contribution is 2.46. The van der Waals surface area contributed by atoms with Gasteiger partial charge in [-0.15, -0.1) is 11.3 Å². The van der Waals surface area contributed by atoms with Crippen LogP contribution in [0, 0.1) is 0 Å². The van der Waals surface area contributed by atoms with E-state index < -0.39 is 0 Å². The Morgan fingerprint density at radius 1 is 0.206 bits per heavy atom. The molecule has 0 atom stereocenters. The fraction of sp³-hybridized carbons (Fsp3) is 0. The Morgan fingerprint density at radius 2 is 0.476 bits per heavy atom. The first-order chi connectivity index (χ1) is 31.2. The molecule has 15 aromatic rings. The second-order valence-electron chi connectivity index (χ2n) is 17.2. The zero-order chi connectivity index (χ0) is 40.9. The number of nitrogens with zero attached hydrogens (tertiary/aromatic N) is 2. The van der Waals surface area contributed by atoms with Crippen molar-refractivity contribution in [2.75, 3.05) is 0 Å². The second-order valence-corrected chi connectivity index (χ2v) is 18.3. The number of benzene rings is 12. The maximum atomic E-state index is 2.49. The molecule has 0 aliphatic carbocycles. The van der Waals surface area contributed by atoms with Crippen molar-refractivity contribution in [3.8, 4) is 11.4 Å². The minimum absolute atomic E-state index is 1.18. The smallest absolute Gasteiger partial charge is 0.0541 e. The lowest BCUT2D eigenvalue weighted by atomic mass is 9.91. The molecule has 3 heterocycles. The van der Waals surface area contributed by atoms with Crippen LogP contribution < -0.4 is 0 Å². The minimum atomic E-state index is 1.18. The van der Waals surface area contributed by atoms with E-state index in [2.05, 4.69) is 215 Å². The monoisotopic (exact) mass is 814 g/mol. The van der Waals surface area contributed by atoms with Gasteiger partial charge in [0.25, 0.3) is 0 Å². The highest BCUT2D eigenvalue weighted by molar-refractivity contribution is 7.26. The summed E-state index contributed by atoms with van der Waals surface area (Å²) in [5, 5.41) is 23.2. The lowest BCUT2D eigenvalue weighted by molar-refractivity contribution is 1.19. The van der Waals surface area contributed by atoms with Gasteiger partial charge in [0.15, 0.2) is 0 Å². The number of fused-ring (bicyclic) bond motifs is 21. The highest BCUT2D eigenvalue weighted by atomic mass is 32.1. The van der Waals surface area contributed by atoms with Crippen molar-refractivity contribution >= 4 is 140 Å². The summed E-state index contributed by atoms with van der Waals surface area (Å²) in [4.78, 5) is 0. The quantitative estimate of drug-likeness (QED) is 0.154. The molecule has 0 bridgehead atoms. The summed E-state index contributed by atoms with van der Waals surface area (Å²) in [5.41, 5.74) is 7.28. The van der Waals surface area contributed by atoms with Crippen LogP contribution in [0.25, 0.3) is 140 Å². The zero-order valence-corrected chi connectivity index (χ0v) is 34.7. The third-order valence-corrected chi connectivity index (χ3v) is 15.1. The predicted molar refractivity (Wildman–Crippen MR) is 273 cm³/mol. The van der Waals surface area contributed by atoms with E-state index >= 15 is 0 Å². The summed E-state index contributed by atoms with van der Waals surface area (Å²) in [6.45, 7) is 0. The third-order valence-electron chi connectivity index (χ3n) is 14.0. The molecule has 290 valence electrons. The normalized spacial score (nSPS) is 12.4. The zero-order valence-electron chi connectivity index (χ0n) is 33.9. The van der Waals surface area contributed by atoms with E-state index in [0.29, 0.717) is 0 Å². The standard InChI is InChI=1S/C60H34N2S/c1-3-15-39-37(13-1)47-29-35(61-55-21-9-5-17-43(55)44-18-6-10-22-56(44)61)25-27-41(47)51-33-59-53(31-49(39)51)54-32-50-40-16-4-2-14-38(40)48-30-36(26-28-42(48)52(50)34-60(54)63-59)62-57-23-11-7-19-45(57)46-20-8-12-24-58(46)62/h1-34H. The van der Waals surface area contributed by atoms with Crippen molar-refractivity contribution in [1.82, 2.24) is 9.13 Å². The average molecular weight is 815 g/mol. The number of rotatable bonds is 2. The molecule has 0 radical (unpaired) electrons. The van der Waals surface area contributed by atoms with Crippen molar-refractivity contribution in [3.63, 3.8) is 0 Å². The van der Waals surface area contributed by atoms with Crippen molar-refractivity contribution < 1.29 is 0 Å². The van der Waals surface area contributed by atoms with Crippen LogP contribution in [-0.4, -0.2) is 9.13 Å². The molecule has 0 aliphatic heterocycles. The molecule has 0 N–H and O–H groups in total. The van der Waals surface area contributed by atoms with Gasteiger partial charge < -0.3 is 9.13 Å². The molecule has 3 aromatic heterocycles. The summed E-state index contributed by atoms with van der Waals surface area (Å²) in [6, 6.07) is 77.2. The number of aromatic nitrogens is 2. The van der Waals surface area contributed by atoms with Gasteiger partial charge in [-0.1, -0.05) is 133 Å². The van der Waals surface area contributed by atoms with E-state index in [9.17, 15) is 0 Å². The summed E-state index contributed by atoms with van der Waals surface area (Å²) < 4.78 is 7.50. The lowest BCUT2D eigenvalue weighted by Crippen LogP contribution is -1.94. The van der Waals surface area contributed by atoms with Gasteiger partial charge >= 0.3 is 0 Å². The summed E-state index contributed by atoms with van der Waals surface area (Å²) in [5.74, 6) is 0. The van der Waals surface area contributed by atoms with Gasteiger partial charge in [-0.3, -0.25) is 0 Å². The Morgan fingerprint density at radius 3 is 0.825 bits per heavy atom. The molecule has 3 heteroatoms. The maximum absolute atomic E-state index is 2.49. The van der Waals surface area contributed by atoms with E-state index in [1.807, 2.05) is 11.3 Å². The molecular formula is C60H34N2S. The Bertz CT molecular complexity index is 4110. The molecule has 0 spiro atoms. The van der Waals surface area contributed by atoms with Crippen LogP contribution in [0.3, 0.4) is 0 Å². The van der Waals surface area contributed by atoms with E-state index in [1.54, 1.807) is 0 Å².